The maximum atomic E-state index is 14.4. The number of nitrogens with zero attached hydrogens (tertiary/aromatic N) is 5. The zero-order chi connectivity index (χ0) is 26.5. The van der Waals surface area contributed by atoms with Crippen LogP contribution in [0.15, 0.2) is 18.2 Å². The molecule has 206 valence electrons. The van der Waals surface area contributed by atoms with Crippen LogP contribution in [0.5, 0.6) is 6.01 Å². The van der Waals surface area contributed by atoms with Crippen molar-refractivity contribution in [1.82, 2.24) is 14.9 Å². The maximum absolute atomic E-state index is 14.4. The van der Waals surface area contributed by atoms with Crippen molar-refractivity contribution in [3.8, 4) is 12.1 Å². The molecule has 1 aromatic heterocycles. The number of halogens is 1. The highest BCUT2D eigenvalue weighted by molar-refractivity contribution is 5.53. The summed E-state index contributed by atoms with van der Waals surface area (Å²) in [5, 5.41) is 9.59. The lowest BCUT2D eigenvalue weighted by Crippen LogP contribution is -2.44. The first-order valence-corrected chi connectivity index (χ1v) is 14.9. The van der Waals surface area contributed by atoms with E-state index in [9.17, 15) is 9.65 Å². The van der Waals surface area contributed by atoms with Gasteiger partial charge in [-0.15, -0.1) is 0 Å². The number of hydrogen-bond acceptors (Lipinski definition) is 7. The minimum absolute atomic E-state index is 0.234. The van der Waals surface area contributed by atoms with Crippen LogP contribution in [0, 0.1) is 11.3 Å². The van der Waals surface area contributed by atoms with Crippen molar-refractivity contribution in [3.63, 3.8) is 0 Å². The van der Waals surface area contributed by atoms with Crippen LogP contribution in [0.4, 0.5) is 10.2 Å². The number of fused-ring (bicyclic) bond motifs is 4. The molecule has 1 aliphatic carbocycles. The smallest absolute Gasteiger partial charge is 0.318 e. The van der Waals surface area contributed by atoms with Gasteiger partial charge in [-0.2, -0.15) is 15.2 Å². The molecule has 4 aliphatic heterocycles. The molecule has 39 heavy (non-hydrogen) atoms. The minimum Gasteiger partial charge on any atom is -0.461 e. The molecule has 3 saturated heterocycles. The number of hydrogen-bond donors (Lipinski definition) is 0. The van der Waals surface area contributed by atoms with Crippen LogP contribution < -0.4 is 9.64 Å². The summed E-state index contributed by atoms with van der Waals surface area (Å²) in [5.41, 5.74) is 4.43. The molecule has 1 unspecified atom stereocenters. The predicted molar refractivity (Wildman–Crippen MR) is 146 cm³/mol. The summed E-state index contributed by atoms with van der Waals surface area (Å²) < 4.78 is 27.6. The fraction of sp³-hybridized carbons (Fsp3) is 0.645. The molecule has 0 saturated carbocycles. The summed E-state index contributed by atoms with van der Waals surface area (Å²) in [5.74, 6) is 0.948. The van der Waals surface area contributed by atoms with Crippen LogP contribution in [-0.2, 0) is 29.8 Å². The normalized spacial score (nSPS) is 30.4. The van der Waals surface area contributed by atoms with Crippen molar-refractivity contribution in [2.75, 3.05) is 37.7 Å². The van der Waals surface area contributed by atoms with Crippen LogP contribution >= 0.6 is 0 Å². The zero-order valence-corrected chi connectivity index (χ0v) is 22.8. The Labute approximate surface area is 230 Å². The SMILES string of the molecule is N#Cc1ccc2c(c1)C1(CCC2)Cc2nc(OC[C@@]34CCCN3C[C@H](F)C4)nc(N3CCCCCC3)c2CO1. The monoisotopic (exact) mass is 531 g/mol. The molecule has 0 radical (unpaired) electrons. The molecule has 0 bridgehead atoms. The highest BCUT2D eigenvalue weighted by Gasteiger charge is 2.49. The first-order chi connectivity index (χ1) is 19.1. The summed E-state index contributed by atoms with van der Waals surface area (Å²) in [6, 6.07) is 8.75. The van der Waals surface area contributed by atoms with E-state index in [0.29, 0.717) is 44.2 Å². The molecule has 3 atom stereocenters. The molecular formula is C31H38FN5O2. The second-order valence-electron chi connectivity index (χ2n) is 12.3. The quantitative estimate of drug-likeness (QED) is 0.550. The minimum atomic E-state index is -0.785. The van der Waals surface area contributed by atoms with Gasteiger partial charge in [0, 0.05) is 38.0 Å². The van der Waals surface area contributed by atoms with Gasteiger partial charge in [0.05, 0.1) is 35.1 Å². The van der Waals surface area contributed by atoms with Gasteiger partial charge in [-0.05, 0) is 74.8 Å². The Morgan fingerprint density at radius 1 is 1.08 bits per heavy atom. The lowest BCUT2D eigenvalue weighted by Gasteiger charge is -2.43. The van der Waals surface area contributed by atoms with Gasteiger partial charge in [-0.1, -0.05) is 18.9 Å². The van der Waals surface area contributed by atoms with Gasteiger partial charge in [0.15, 0.2) is 0 Å². The number of anilines is 1. The number of benzene rings is 1. The summed E-state index contributed by atoms with van der Waals surface area (Å²) >= 11 is 0. The zero-order valence-electron chi connectivity index (χ0n) is 22.8. The van der Waals surface area contributed by atoms with Crippen LogP contribution in [-0.4, -0.2) is 59.4 Å². The standard InChI is InChI=1S/C31H38FN5O2/c32-24-16-30(10-6-14-37(30)19-24)21-38-29-34-27-17-31(11-5-7-23-9-8-22(18-33)15-26(23)31)39-20-25(27)28(35-29)36-12-3-1-2-4-13-36/h8-9,15,24H,1-7,10-14,16-17,19-21H2/t24-,30+,31?/m1/s1. The molecule has 7 nitrogen and oxygen atoms in total. The van der Waals surface area contributed by atoms with Crippen molar-refractivity contribution in [2.24, 2.45) is 0 Å². The number of ether oxygens (including phenoxy) is 2. The first kappa shape index (κ1) is 25.2. The Kier molecular flexibility index (Phi) is 6.48. The number of alkyl halides is 1. The molecule has 0 amide bonds. The first-order valence-electron chi connectivity index (χ1n) is 14.9. The molecule has 5 heterocycles. The summed E-state index contributed by atoms with van der Waals surface area (Å²) in [6.07, 6.45) is 10.2. The van der Waals surface area contributed by atoms with E-state index in [4.69, 9.17) is 19.4 Å². The van der Waals surface area contributed by atoms with E-state index in [0.717, 1.165) is 87.2 Å². The van der Waals surface area contributed by atoms with Crippen molar-refractivity contribution in [2.45, 2.75) is 94.5 Å². The molecule has 2 aromatic rings. The molecule has 0 N–H and O–H groups in total. The van der Waals surface area contributed by atoms with Gasteiger partial charge >= 0.3 is 6.01 Å². The van der Waals surface area contributed by atoms with Crippen LogP contribution in [0.1, 0.15) is 85.7 Å². The lowest BCUT2D eigenvalue weighted by atomic mass is 9.74. The lowest BCUT2D eigenvalue weighted by molar-refractivity contribution is -0.0855. The van der Waals surface area contributed by atoms with E-state index in [1.54, 1.807) is 0 Å². The van der Waals surface area contributed by atoms with Gasteiger partial charge in [-0.25, -0.2) is 4.39 Å². The molecule has 3 fully saturated rings. The van der Waals surface area contributed by atoms with Gasteiger partial charge in [0.2, 0.25) is 0 Å². The fourth-order valence-electron chi connectivity index (χ4n) is 7.90. The van der Waals surface area contributed by atoms with E-state index < -0.39 is 11.8 Å². The Hall–Kier alpha value is -2.76. The summed E-state index contributed by atoms with van der Waals surface area (Å²) in [6.45, 7) is 4.29. The fourth-order valence-corrected chi connectivity index (χ4v) is 7.90. The van der Waals surface area contributed by atoms with Crippen LogP contribution in [0.3, 0.4) is 0 Å². The highest BCUT2D eigenvalue weighted by Crippen LogP contribution is 2.47. The average molecular weight is 532 g/mol. The molecular weight excluding hydrogens is 493 g/mol. The van der Waals surface area contributed by atoms with E-state index in [1.165, 1.54) is 18.4 Å². The molecule has 8 heteroatoms. The van der Waals surface area contributed by atoms with Crippen molar-refractivity contribution < 1.29 is 13.9 Å². The highest BCUT2D eigenvalue weighted by atomic mass is 19.1. The Morgan fingerprint density at radius 3 is 2.79 bits per heavy atom. The number of aryl methyl sites for hydroxylation is 1. The number of aromatic nitrogens is 2. The van der Waals surface area contributed by atoms with E-state index in [1.807, 2.05) is 12.1 Å². The Morgan fingerprint density at radius 2 is 1.95 bits per heavy atom. The van der Waals surface area contributed by atoms with Crippen molar-refractivity contribution >= 4 is 5.82 Å². The van der Waals surface area contributed by atoms with Crippen molar-refractivity contribution in [1.29, 1.82) is 5.26 Å². The van der Waals surface area contributed by atoms with Crippen LogP contribution in [0.2, 0.25) is 0 Å². The molecule has 5 aliphatic rings. The number of nitriles is 1. The topological polar surface area (TPSA) is 74.5 Å². The summed E-state index contributed by atoms with van der Waals surface area (Å²) in [4.78, 5) is 14.7. The molecule has 1 spiro atoms. The maximum Gasteiger partial charge on any atom is 0.318 e. The average Bonchev–Trinajstić information content (AvgIpc) is 3.33. The third-order valence-corrected chi connectivity index (χ3v) is 9.89. The third-order valence-electron chi connectivity index (χ3n) is 9.89. The predicted octanol–water partition coefficient (Wildman–Crippen LogP) is 4.99. The van der Waals surface area contributed by atoms with Gasteiger partial charge < -0.3 is 14.4 Å². The summed E-state index contributed by atoms with van der Waals surface area (Å²) in [7, 11) is 0. The molecule has 7 rings (SSSR count). The number of rotatable bonds is 4. The van der Waals surface area contributed by atoms with Gasteiger partial charge in [-0.3, -0.25) is 4.90 Å². The largest absolute Gasteiger partial charge is 0.461 e. The second-order valence-corrected chi connectivity index (χ2v) is 12.3. The Balaban J connectivity index is 1.24. The van der Waals surface area contributed by atoms with E-state index >= 15 is 0 Å². The third kappa shape index (κ3) is 4.48. The van der Waals surface area contributed by atoms with Crippen LogP contribution in [0.25, 0.3) is 0 Å². The van der Waals surface area contributed by atoms with E-state index in [-0.39, 0.29) is 5.54 Å². The van der Waals surface area contributed by atoms with Gasteiger partial charge in [0.1, 0.15) is 18.6 Å². The second kappa shape index (κ2) is 10.0. The Bertz CT molecular complexity index is 1290. The van der Waals surface area contributed by atoms with E-state index in [2.05, 4.69) is 21.9 Å². The van der Waals surface area contributed by atoms with Crippen molar-refractivity contribution in [3.05, 3.63) is 46.1 Å². The molecule has 1 aromatic carbocycles. The van der Waals surface area contributed by atoms with Gasteiger partial charge in [0.25, 0.3) is 0 Å².